The van der Waals surface area contributed by atoms with Crippen LogP contribution in [0.25, 0.3) is 0 Å². The topological polar surface area (TPSA) is 80.3 Å². The van der Waals surface area contributed by atoms with Crippen molar-refractivity contribution in [3.05, 3.63) is 24.0 Å². The molecule has 19 heavy (non-hydrogen) atoms. The molecule has 0 aliphatic heterocycles. The summed E-state index contributed by atoms with van der Waals surface area (Å²) in [5.41, 5.74) is 0.942. The van der Waals surface area contributed by atoms with Gasteiger partial charge in [-0.1, -0.05) is 13.8 Å². The molecule has 0 radical (unpaired) electrons. The van der Waals surface area contributed by atoms with Gasteiger partial charge in [-0.2, -0.15) is 0 Å². The minimum Gasteiger partial charge on any atom is -0.467 e. The van der Waals surface area contributed by atoms with Crippen molar-refractivity contribution in [2.45, 2.75) is 19.9 Å². The number of pyridine rings is 1. The maximum atomic E-state index is 11.7. The Morgan fingerprint density at radius 2 is 2.05 bits per heavy atom. The number of rotatable bonds is 5. The van der Waals surface area contributed by atoms with Gasteiger partial charge in [0.1, 0.15) is 11.7 Å². The van der Waals surface area contributed by atoms with Gasteiger partial charge in [0.15, 0.2) is 0 Å². The van der Waals surface area contributed by atoms with E-state index >= 15 is 0 Å². The van der Waals surface area contributed by atoms with Gasteiger partial charge in [-0.15, -0.1) is 0 Å². The Balaban J connectivity index is 2.91. The van der Waals surface area contributed by atoms with Crippen molar-refractivity contribution in [2.24, 2.45) is 5.92 Å². The van der Waals surface area contributed by atoms with Crippen LogP contribution in [0.1, 0.15) is 24.3 Å². The normalized spacial score (nSPS) is 11.8. The molecule has 0 fully saturated rings. The third-order valence-electron chi connectivity index (χ3n) is 2.66. The average molecular weight is 265 g/mol. The Morgan fingerprint density at radius 1 is 1.37 bits per heavy atom. The van der Waals surface area contributed by atoms with Gasteiger partial charge in [-0.05, 0) is 18.1 Å². The van der Waals surface area contributed by atoms with Crippen LogP contribution in [-0.4, -0.2) is 37.1 Å². The molecule has 1 rings (SSSR count). The van der Waals surface area contributed by atoms with Gasteiger partial charge in [-0.3, -0.25) is 9.78 Å². The molecule has 6 nitrogen and oxygen atoms in total. The van der Waals surface area contributed by atoms with Crippen molar-refractivity contribution in [3.8, 4) is 0 Å². The molecule has 1 unspecified atom stereocenters. The van der Waals surface area contributed by atoms with E-state index in [9.17, 15) is 9.59 Å². The predicted octanol–water partition coefficient (Wildman–Crippen LogP) is 1.05. The van der Waals surface area contributed by atoms with E-state index in [1.807, 2.05) is 13.8 Å². The highest BCUT2D eigenvalue weighted by atomic mass is 16.5. The van der Waals surface area contributed by atoms with E-state index in [-0.39, 0.29) is 17.8 Å². The lowest BCUT2D eigenvalue weighted by molar-refractivity contribution is -0.142. The number of nitrogens with one attached hydrogen (secondary N) is 2. The summed E-state index contributed by atoms with van der Waals surface area (Å²) in [5, 5.41) is 5.55. The van der Waals surface area contributed by atoms with Crippen molar-refractivity contribution in [1.82, 2.24) is 10.3 Å². The first kappa shape index (κ1) is 14.9. The number of hydrogen-bond donors (Lipinski definition) is 2. The van der Waals surface area contributed by atoms with Gasteiger partial charge in [0.25, 0.3) is 5.91 Å². The van der Waals surface area contributed by atoms with Crippen LogP contribution in [0.5, 0.6) is 0 Å². The first-order valence-corrected chi connectivity index (χ1v) is 6.02. The highest BCUT2D eigenvalue weighted by Gasteiger charge is 2.22. The van der Waals surface area contributed by atoms with Gasteiger partial charge in [0, 0.05) is 18.9 Å². The molecule has 0 saturated carbocycles. The van der Waals surface area contributed by atoms with Gasteiger partial charge in [0.05, 0.1) is 7.11 Å². The van der Waals surface area contributed by atoms with Crippen molar-refractivity contribution < 1.29 is 14.3 Å². The van der Waals surface area contributed by atoms with E-state index in [1.54, 1.807) is 12.1 Å². The highest BCUT2D eigenvalue weighted by molar-refractivity contribution is 5.93. The zero-order valence-corrected chi connectivity index (χ0v) is 11.6. The second-order valence-corrected chi connectivity index (χ2v) is 4.40. The fraction of sp³-hybridized carbons (Fsp3) is 0.462. The third-order valence-corrected chi connectivity index (χ3v) is 2.66. The Morgan fingerprint density at radius 3 is 2.58 bits per heavy atom. The van der Waals surface area contributed by atoms with Crippen LogP contribution in [0.15, 0.2) is 18.3 Å². The van der Waals surface area contributed by atoms with E-state index in [0.29, 0.717) is 11.4 Å². The molecule has 1 atom stereocenters. The SMILES string of the molecule is CNC(=O)c1cc(NC(C(=O)OC)C(C)C)ccn1. The zero-order chi connectivity index (χ0) is 14.4. The number of esters is 1. The quantitative estimate of drug-likeness (QED) is 0.778. The zero-order valence-electron chi connectivity index (χ0n) is 11.6. The largest absolute Gasteiger partial charge is 0.467 e. The number of carbonyl (C=O) groups excluding carboxylic acids is 2. The summed E-state index contributed by atoms with van der Waals surface area (Å²) in [6, 6.07) is 2.83. The number of methoxy groups -OCH3 is 1. The average Bonchev–Trinajstić information content (AvgIpc) is 2.43. The first-order chi connectivity index (χ1) is 8.99. The highest BCUT2D eigenvalue weighted by Crippen LogP contribution is 2.14. The molecule has 0 saturated heterocycles. The molecule has 0 spiro atoms. The number of amides is 1. The van der Waals surface area contributed by atoms with Crippen LogP contribution < -0.4 is 10.6 Å². The lowest BCUT2D eigenvalue weighted by Crippen LogP contribution is -2.35. The van der Waals surface area contributed by atoms with E-state index in [0.717, 1.165) is 0 Å². The summed E-state index contributed by atoms with van der Waals surface area (Å²) in [7, 11) is 2.89. The molecule has 0 aromatic carbocycles. The molecule has 1 aromatic rings. The van der Waals surface area contributed by atoms with E-state index < -0.39 is 6.04 Å². The van der Waals surface area contributed by atoms with Gasteiger partial charge >= 0.3 is 5.97 Å². The molecule has 0 aliphatic carbocycles. The Kier molecular flexibility index (Phi) is 5.29. The maximum absolute atomic E-state index is 11.7. The Labute approximate surface area is 112 Å². The van der Waals surface area contributed by atoms with Gasteiger partial charge < -0.3 is 15.4 Å². The summed E-state index contributed by atoms with van der Waals surface area (Å²) in [6.45, 7) is 3.82. The molecular weight excluding hydrogens is 246 g/mol. The van der Waals surface area contributed by atoms with E-state index in [4.69, 9.17) is 4.74 Å². The summed E-state index contributed by atoms with van der Waals surface area (Å²) < 4.78 is 4.75. The summed E-state index contributed by atoms with van der Waals surface area (Å²) in [6.07, 6.45) is 1.52. The summed E-state index contributed by atoms with van der Waals surface area (Å²) in [4.78, 5) is 27.1. The number of nitrogens with zero attached hydrogens (tertiary/aromatic N) is 1. The molecule has 0 bridgehead atoms. The molecule has 0 aliphatic rings. The molecule has 2 N–H and O–H groups in total. The Bertz CT molecular complexity index is 460. The second kappa shape index (κ2) is 6.72. The van der Waals surface area contributed by atoms with Crippen LogP contribution in [0.2, 0.25) is 0 Å². The standard InChI is InChI=1S/C13H19N3O3/c1-8(2)11(13(18)19-4)16-9-5-6-15-10(7-9)12(17)14-3/h5-8,11H,1-4H3,(H,14,17)(H,15,16). The second-order valence-electron chi connectivity index (χ2n) is 4.40. The first-order valence-electron chi connectivity index (χ1n) is 6.02. The maximum Gasteiger partial charge on any atom is 0.328 e. The summed E-state index contributed by atoms with van der Waals surface area (Å²) in [5.74, 6) is -0.555. The minimum absolute atomic E-state index is 0.0593. The fourth-order valence-corrected chi connectivity index (χ4v) is 1.58. The number of aromatic nitrogens is 1. The molecular formula is C13H19N3O3. The van der Waals surface area contributed by atoms with Crippen LogP contribution in [0.4, 0.5) is 5.69 Å². The van der Waals surface area contributed by atoms with Crippen LogP contribution in [0, 0.1) is 5.92 Å². The van der Waals surface area contributed by atoms with Crippen LogP contribution in [0.3, 0.4) is 0 Å². The van der Waals surface area contributed by atoms with E-state index in [2.05, 4.69) is 15.6 Å². The molecule has 6 heteroatoms. The van der Waals surface area contributed by atoms with Crippen molar-refractivity contribution in [2.75, 3.05) is 19.5 Å². The predicted molar refractivity (Wildman–Crippen MR) is 71.9 cm³/mol. The number of ether oxygens (including phenoxy) is 1. The minimum atomic E-state index is -0.468. The van der Waals surface area contributed by atoms with E-state index in [1.165, 1.54) is 20.4 Å². The molecule has 1 heterocycles. The number of hydrogen-bond acceptors (Lipinski definition) is 5. The molecule has 1 aromatic heterocycles. The fourth-order valence-electron chi connectivity index (χ4n) is 1.58. The van der Waals surface area contributed by atoms with Crippen LogP contribution >= 0.6 is 0 Å². The van der Waals surface area contributed by atoms with Gasteiger partial charge in [-0.25, -0.2) is 4.79 Å². The Hall–Kier alpha value is -2.11. The lowest BCUT2D eigenvalue weighted by atomic mass is 10.0. The molecule has 1 amide bonds. The lowest BCUT2D eigenvalue weighted by Gasteiger charge is -2.21. The van der Waals surface area contributed by atoms with Crippen molar-refractivity contribution in [1.29, 1.82) is 0 Å². The monoisotopic (exact) mass is 265 g/mol. The summed E-state index contributed by atoms with van der Waals surface area (Å²) >= 11 is 0. The van der Waals surface area contributed by atoms with Gasteiger partial charge in [0.2, 0.25) is 0 Å². The smallest absolute Gasteiger partial charge is 0.328 e. The van der Waals surface area contributed by atoms with Crippen molar-refractivity contribution in [3.63, 3.8) is 0 Å². The number of carbonyl (C=O) groups is 2. The number of anilines is 1. The van der Waals surface area contributed by atoms with Crippen LogP contribution in [-0.2, 0) is 9.53 Å². The van der Waals surface area contributed by atoms with Crippen molar-refractivity contribution >= 4 is 17.6 Å². The molecule has 104 valence electrons. The third kappa shape index (κ3) is 3.94.